The fraction of sp³-hybridized carbons (Fsp3) is 0.0714. The van der Waals surface area contributed by atoms with Crippen molar-refractivity contribution in [3.05, 3.63) is 131 Å². The van der Waals surface area contributed by atoms with Crippen molar-refractivity contribution < 1.29 is 0 Å². The van der Waals surface area contributed by atoms with Crippen LogP contribution in [0.3, 0.4) is 0 Å². The van der Waals surface area contributed by atoms with Crippen molar-refractivity contribution in [1.29, 1.82) is 0 Å². The van der Waals surface area contributed by atoms with Gasteiger partial charge in [-0.05, 0) is 50.2 Å². The van der Waals surface area contributed by atoms with Gasteiger partial charge in [-0.3, -0.25) is 0 Å². The third-order valence-corrected chi connectivity index (χ3v) is 6.42. The minimum atomic E-state index is -0.176. The summed E-state index contributed by atoms with van der Waals surface area (Å²) in [5, 5.41) is 5.51. The molecule has 0 fully saturated rings. The van der Waals surface area contributed by atoms with Gasteiger partial charge in [0.25, 0.3) is 0 Å². The number of benzene rings is 5. The van der Waals surface area contributed by atoms with Crippen molar-refractivity contribution in [3.63, 3.8) is 0 Å². The molecule has 1 aliphatic carbocycles. The summed E-state index contributed by atoms with van der Waals surface area (Å²) >= 11 is 0. The van der Waals surface area contributed by atoms with Crippen molar-refractivity contribution in [2.24, 2.45) is 0 Å². The molecule has 0 heteroatoms. The van der Waals surface area contributed by atoms with Crippen LogP contribution in [-0.4, -0.2) is 0 Å². The van der Waals surface area contributed by atoms with Crippen LogP contribution in [0.25, 0.3) is 21.5 Å². The normalized spacial score (nSPS) is 14.6. The quantitative estimate of drug-likeness (QED) is 0.302. The predicted molar refractivity (Wildman–Crippen MR) is 118 cm³/mol. The SMILES string of the molecule is c1ccc(C2(c3ccccc3)Cc3cccc4ccc5cccc2c5c34)cc1. The van der Waals surface area contributed by atoms with Gasteiger partial charge in [0.2, 0.25) is 0 Å². The molecule has 132 valence electrons. The van der Waals surface area contributed by atoms with Gasteiger partial charge in [-0.15, -0.1) is 0 Å². The average molecular weight is 356 g/mol. The summed E-state index contributed by atoms with van der Waals surface area (Å²) in [7, 11) is 0. The highest BCUT2D eigenvalue weighted by Crippen LogP contribution is 2.50. The van der Waals surface area contributed by atoms with Gasteiger partial charge in [0.15, 0.2) is 0 Å². The lowest BCUT2D eigenvalue weighted by atomic mass is 9.62. The van der Waals surface area contributed by atoms with Crippen molar-refractivity contribution in [3.8, 4) is 0 Å². The summed E-state index contributed by atoms with van der Waals surface area (Å²) in [4.78, 5) is 0. The van der Waals surface area contributed by atoms with Crippen LogP contribution in [0.4, 0.5) is 0 Å². The molecular weight excluding hydrogens is 336 g/mol. The van der Waals surface area contributed by atoms with E-state index in [9.17, 15) is 0 Å². The van der Waals surface area contributed by atoms with E-state index >= 15 is 0 Å². The lowest BCUT2D eigenvalue weighted by Crippen LogP contribution is -2.34. The molecule has 0 heterocycles. The minimum Gasteiger partial charge on any atom is -0.0622 e. The Balaban J connectivity index is 1.84. The first kappa shape index (κ1) is 15.7. The number of hydrogen-bond donors (Lipinski definition) is 0. The lowest BCUT2D eigenvalue weighted by molar-refractivity contribution is 0.616. The van der Waals surface area contributed by atoms with Crippen LogP contribution >= 0.6 is 0 Å². The predicted octanol–water partition coefficient (Wildman–Crippen LogP) is 6.88. The van der Waals surface area contributed by atoms with Gasteiger partial charge >= 0.3 is 0 Å². The second-order valence-corrected chi connectivity index (χ2v) is 7.80. The molecule has 0 spiro atoms. The largest absolute Gasteiger partial charge is 0.0622 e. The van der Waals surface area contributed by atoms with Crippen molar-refractivity contribution in [2.75, 3.05) is 0 Å². The van der Waals surface area contributed by atoms with Gasteiger partial charge < -0.3 is 0 Å². The zero-order chi connectivity index (χ0) is 18.6. The van der Waals surface area contributed by atoms with E-state index in [4.69, 9.17) is 0 Å². The van der Waals surface area contributed by atoms with Crippen LogP contribution in [0.1, 0.15) is 22.3 Å². The molecular formula is C28H20. The third-order valence-electron chi connectivity index (χ3n) is 6.42. The number of rotatable bonds is 2. The maximum Gasteiger partial charge on any atom is 0.0498 e. The number of hydrogen-bond acceptors (Lipinski definition) is 0. The lowest BCUT2D eigenvalue weighted by Gasteiger charge is -2.40. The molecule has 0 atom stereocenters. The highest BCUT2D eigenvalue weighted by Gasteiger charge is 2.40. The summed E-state index contributed by atoms with van der Waals surface area (Å²) in [6.07, 6.45) is 0.981. The van der Waals surface area contributed by atoms with Crippen molar-refractivity contribution in [1.82, 2.24) is 0 Å². The van der Waals surface area contributed by atoms with E-state index in [-0.39, 0.29) is 5.41 Å². The van der Waals surface area contributed by atoms with Crippen LogP contribution < -0.4 is 0 Å². The van der Waals surface area contributed by atoms with Gasteiger partial charge in [0.1, 0.15) is 0 Å². The molecule has 5 aromatic carbocycles. The van der Waals surface area contributed by atoms with Crippen molar-refractivity contribution >= 4 is 21.5 Å². The summed E-state index contributed by atoms with van der Waals surface area (Å²) in [6.45, 7) is 0. The van der Waals surface area contributed by atoms with Gasteiger partial charge in [0, 0.05) is 5.41 Å². The molecule has 0 amide bonds. The molecule has 0 saturated heterocycles. The Morgan fingerprint density at radius 3 is 1.68 bits per heavy atom. The summed E-state index contributed by atoms with van der Waals surface area (Å²) in [5.41, 5.74) is 5.41. The highest BCUT2D eigenvalue weighted by atomic mass is 14.4. The molecule has 0 aliphatic heterocycles. The van der Waals surface area contributed by atoms with E-state index in [1.54, 1.807) is 0 Å². The molecule has 28 heavy (non-hydrogen) atoms. The van der Waals surface area contributed by atoms with E-state index in [1.807, 2.05) is 0 Å². The second kappa shape index (κ2) is 5.81. The van der Waals surface area contributed by atoms with E-state index in [0.29, 0.717) is 0 Å². The van der Waals surface area contributed by atoms with Gasteiger partial charge in [-0.2, -0.15) is 0 Å². The van der Waals surface area contributed by atoms with Crippen LogP contribution in [-0.2, 0) is 11.8 Å². The molecule has 6 rings (SSSR count). The highest BCUT2D eigenvalue weighted by molar-refractivity contribution is 6.12. The van der Waals surface area contributed by atoms with Gasteiger partial charge in [-0.25, -0.2) is 0 Å². The zero-order valence-electron chi connectivity index (χ0n) is 15.6. The maximum absolute atomic E-state index is 2.34. The Morgan fingerprint density at radius 1 is 0.464 bits per heavy atom. The van der Waals surface area contributed by atoms with E-state index < -0.39 is 0 Å². The van der Waals surface area contributed by atoms with E-state index in [0.717, 1.165) is 6.42 Å². The fourth-order valence-corrected chi connectivity index (χ4v) is 5.24. The Kier molecular flexibility index (Phi) is 3.25. The first-order valence-corrected chi connectivity index (χ1v) is 9.93. The molecule has 0 N–H and O–H groups in total. The molecule has 0 aromatic heterocycles. The van der Waals surface area contributed by atoms with Crippen molar-refractivity contribution in [2.45, 2.75) is 11.8 Å². The second-order valence-electron chi connectivity index (χ2n) is 7.80. The van der Waals surface area contributed by atoms with Crippen LogP contribution in [0.15, 0.2) is 109 Å². The Hall–Kier alpha value is -3.38. The van der Waals surface area contributed by atoms with Gasteiger partial charge in [0.05, 0.1) is 0 Å². The minimum absolute atomic E-state index is 0.176. The summed E-state index contributed by atoms with van der Waals surface area (Å²) < 4.78 is 0. The average Bonchev–Trinajstić information content (AvgIpc) is 2.78. The van der Waals surface area contributed by atoms with Crippen LogP contribution in [0.5, 0.6) is 0 Å². The molecule has 5 aromatic rings. The fourth-order valence-electron chi connectivity index (χ4n) is 5.24. The summed E-state index contributed by atoms with van der Waals surface area (Å²) in [6, 6.07) is 40.2. The first-order valence-electron chi connectivity index (χ1n) is 9.93. The molecule has 0 nitrogen and oxygen atoms in total. The maximum atomic E-state index is 2.34. The molecule has 0 bridgehead atoms. The molecule has 1 aliphatic rings. The Bertz CT molecular complexity index is 1270. The zero-order valence-corrected chi connectivity index (χ0v) is 15.6. The van der Waals surface area contributed by atoms with Crippen LogP contribution in [0, 0.1) is 0 Å². The third kappa shape index (κ3) is 2.00. The monoisotopic (exact) mass is 356 g/mol. The molecule has 0 radical (unpaired) electrons. The Labute approximate surface area is 165 Å². The first-order chi connectivity index (χ1) is 13.9. The Morgan fingerprint density at radius 2 is 1.04 bits per heavy atom. The van der Waals surface area contributed by atoms with E-state index in [1.165, 1.54) is 43.8 Å². The summed E-state index contributed by atoms with van der Waals surface area (Å²) in [5.74, 6) is 0. The molecule has 0 saturated carbocycles. The molecule has 0 unspecified atom stereocenters. The van der Waals surface area contributed by atoms with E-state index in [2.05, 4.69) is 109 Å². The van der Waals surface area contributed by atoms with Crippen LogP contribution in [0.2, 0.25) is 0 Å². The smallest absolute Gasteiger partial charge is 0.0498 e. The topological polar surface area (TPSA) is 0 Å². The standard InChI is InChI=1S/C28H20/c1-3-12-23(13-4-1)28(24-14-5-2-6-15-24)19-22-11-7-9-20-17-18-21-10-8-16-25(28)27(21)26(20)22/h1-18H,19H2. The van der Waals surface area contributed by atoms with Gasteiger partial charge in [-0.1, -0.05) is 109 Å².